The van der Waals surface area contributed by atoms with Gasteiger partial charge in [0, 0.05) is 40.5 Å². The molecule has 1 unspecified atom stereocenters. The number of carbonyl (C=O) groups is 1. The molecule has 0 aliphatic heterocycles. The van der Waals surface area contributed by atoms with Crippen LogP contribution >= 0.6 is 0 Å². The molecule has 4 nitrogen and oxygen atoms in total. The monoisotopic (exact) mass is 282 g/mol. The molecule has 0 saturated heterocycles. The first-order valence-electron chi connectivity index (χ1n) is 6.49. The summed E-state index contributed by atoms with van der Waals surface area (Å²) in [7, 11) is -0.841. The Labute approximate surface area is 117 Å². The number of anilines is 1. The third-order valence-electron chi connectivity index (χ3n) is 2.79. The number of hydrogen-bond donors (Lipinski definition) is 2. The second kappa shape index (κ2) is 8.07. The smallest absolute Gasteiger partial charge is 0.224 e. The molecule has 0 radical (unpaired) electrons. The molecule has 1 amide bonds. The van der Waals surface area contributed by atoms with Gasteiger partial charge in [-0.05, 0) is 18.1 Å². The van der Waals surface area contributed by atoms with Crippen LogP contribution < -0.4 is 11.1 Å². The van der Waals surface area contributed by atoms with Gasteiger partial charge in [0.25, 0.3) is 0 Å². The Balaban J connectivity index is 2.41. The zero-order chi connectivity index (χ0) is 14.3. The molecule has 3 N–H and O–H groups in total. The Hall–Kier alpha value is -1.20. The predicted molar refractivity (Wildman–Crippen MR) is 80.3 cm³/mol. The minimum atomic E-state index is -0.841. The zero-order valence-electron chi connectivity index (χ0n) is 11.5. The number of nitrogens with one attached hydrogen (secondary N) is 1. The van der Waals surface area contributed by atoms with E-state index in [1.54, 1.807) is 0 Å². The summed E-state index contributed by atoms with van der Waals surface area (Å²) in [6.07, 6.45) is 1.03. The molecule has 1 rings (SSSR count). The quantitative estimate of drug-likeness (QED) is 0.803. The minimum Gasteiger partial charge on any atom is -0.326 e. The summed E-state index contributed by atoms with van der Waals surface area (Å²) in [4.78, 5) is 11.8. The van der Waals surface area contributed by atoms with E-state index in [1.165, 1.54) is 0 Å². The number of carbonyl (C=O) groups excluding carboxylic acids is 1. The van der Waals surface area contributed by atoms with E-state index in [1.807, 2.05) is 38.1 Å². The van der Waals surface area contributed by atoms with Crippen molar-refractivity contribution in [1.29, 1.82) is 0 Å². The lowest BCUT2D eigenvalue weighted by atomic mass is 10.1. The van der Waals surface area contributed by atoms with Crippen LogP contribution in [0.4, 0.5) is 5.69 Å². The molecular weight excluding hydrogens is 260 g/mol. The van der Waals surface area contributed by atoms with Crippen LogP contribution in [-0.4, -0.2) is 21.1 Å². The fourth-order valence-corrected chi connectivity index (χ4v) is 2.54. The van der Waals surface area contributed by atoms with E-state index in [9.17, 15) is 9.00 Å². The molecule has 106 valence electrons. The Morgan fingerprint density at radius 3 is 2.68 bits per heavy atom. The van der Waals surface area contributed by atoms with E-state index in [-0.39, 0.29) is 11.2 Å². The van der Waals surface area contributed by atoms with E-state index in [0.717, 1.165) is 11.3 Å². The van der Waals surface area contributed by atoms with Crippen molar-refractivity contribution in [1.82, 2.24) is 0 Å². The lowest BCUT2D eigenvalue weighted by Gasteiger charge is -2.10. The number of hydrogen-bond acceptors (Lipinski definition) is 3. The van der Waals surface area contributed by atoms with Crippen molar-refractivity contribution in [3.05, 3.63) is 29.8 Å². The van der Waals surface area contributed by atoms with Crippen molar-refractivity contribution in [3.63, 3.8) is 0 Å². The number of benzene rings is 1. The highest BCUT2D eigenvalue weighted by Crippen LogP contribution is 2.14. The summed E-state index contributed by atoms with van der Waals surface area (Å²) < 4.78 is 11.5. The summed E-state index contributed by atoms with van der Waals surface area (Å²) in [5, 5.41) is 3.00. The molecule has 0 fully saturated rings. The number of rotatable bonds is 7. The van der Waals surface area contributed by atoms with Gasteiger partial charge in [0.1, 0.15) is 0 Å². The average molecular weight is 282 g/mol. The largest absolute Gasteiger partial charge is 0.326 e. The molecule has 0 aromatic heterocycles. The van der Waals surface area contributed by atoms with Crippen LogP contribution in [0.25, 0.3) is 0 Å². The maximum absolute atomic E-state index is 11.8. The van der Waals surface area contributed by atoms with Crippen molar-refractivity contribution >= 4 is 22.4 Å². The van der Waals surface area contributed by atoms with E-state index in [0.29, 0.717) is 25.1 Å². The van der Waals surface area contributed by atoms with Crippen molar-refractivity contribution in [2.45, 2.75) is 38.5 Å². The number of para-hydroxylation sites is 1. The second-order valence-corrected chi connectivity index (χ2v) is 6.76. The van der Waals surface area contributed by atoms with Crippen molar-refractivity contribution < 1.29 is 9.00 Å². The second-order valence-electron chi connectivity index (χ2n) is 4.65. The van der Waals surface area contributed by atoms with Gasteiger partial charge in [0.05, 0.1) is 0 Å². The van der Waals surface area contributed by atoms with Gasteiger partial charge in [-0.2, -0.15) is 0 Å². The molecule has 1 aromatic rings. The minimum absolute atomic E-state index is 0.0540. The fraction of sp³-hybridized carbons (Fsp3) is 0.500. The van der Waals surface area contributed by atoms with Gasteiger partial charge in [-0.3, -0.25) is 9.00 Å². The maximum atomic E-state index is 11.8. The Kier molecular flexibility index (Phi) is 6.73. The normalized spacial score (nSPS) is 12.4. The first-order chi connectivity index (χ1) is 9.04. The molecule has 0 bridgehead atoms. The van der Waals surface area contributed by atoms with Crippen LogP contribution in [0.2, 0.25) is 0 Å². The van der Waals surface area contributed by atoms with E-state index >= 15 is 0 Å². The lowest BCUT2D eigenvalue weighted by molar-refractivity contribution is -0.116. The molecule has 19 heavy (non-hydrogen) atoms. The topological polar surface area (TPSA) is 72.2 Å². The summed E-state index contributed by atoms with van der Waals surface area (Å²) in [6.45, 7) is 4.25. The first-order valence-corrected chi connectivity index (χ1v) is 7.87. The summed E-state index contributed by atoms with van der Waals surface area (Å²) in [6, 6.07) is 7.49. The highest BCUT2D eigenvalue weighted by Gasteiger charge is 2.08. The molecule has 0 heterocycles. The molecule has 0 aliphatic carbocycles. The van der Waals surface area contributed by atoms with Crippen LogP contribution in [0.1, 0.15) is 32.3 Å². The standard InChI is InChI=1S/C14H22N2O2S/c1-11(2)19(18)9-5-8-14(17)16-13-7-4-3-6-12(13)10-15/h3-4,6-7,11H,5,8-10,15H2,1-2H3,(H,16,17). The van der Waals surface area contributed by atoms with E-state index < -0.39 is 10.8 Å². The van der Waals surface area contributed by atoms with E-state index in [4.69, 9.17) is 5.73 Å². The summed E-state index contributed by atoms with van der Waals surface area (Å²) in [5.41, 5.74) is 7.29. The highest BCUT2D eigenvalue weighted by atomic mass is 32.2. The van der Waals surface area contributed by atoms with E-state index in [2.05, 4.69) is 5.32 Å². The zero-order valence-corrected chi connectivity index (χ0v) is 12.3. The van der Waals surface area contributed by atoms with Gasteiger partial charge in [-0.15, -0.1) is 0 Å². The molecule has 5 heteroatoms. The Morgan fingerprint density at radius 2 is 2.05 bits per heavy atom. The van der Waals surface area contributed by atoms with Crippen LogP contribution in [0.15, 0.2) is 24.3 Å². The molecule has 1 aromatic carbocycles. The lowest BCUT2D eigenvalue weighted by Crippen LogP contribution is -2.16. The summed E-state index contributed by atoms with van der Waals surface area (Å²) in [5.74, 6) is 0.519. The van der Waals surface area contributed by atoms with Gasteiger partial charge >= 0.3 is 0 Å². The van der Waals surface area contributed by atoms with Gasteiger partial charge in [0.15, 0.2) is 0 Å². The van der Waals surface area contributed by atoms with Crippen molar-refractivity contribution in [2.24, 2.45) is 5.73 Å². The predicted octanol–water partition coefficient (Wildman–Crippen LogP) is 2.02. The third kappa shape index (κ3) is 5.53. The molecule has 0 spiro atoms. The summed E-state index contributed by atoms with van der Waals surface area (Å²) >= 11 is 0. The molecular formula is C14H22N2O2S. The number of amides is 1. The average Bonchev–Trinajstić information content (AvgIpc) is 2.39. The molecule has 1 atom stereocenters. The SMILES string of the molecule is CC(C)S(=O)CCCC(=O)Nc1ccccc1CN. The molecule has 0 aliphatic rings. The number of nitrogens with two attached hydrogens (primary N) is 1. The maximum Gasteiger partial charge on any atom is 0.224 e. The van der Waals surface area contributed by atoms with Gasteiger partial charge in [0.2, 0.25) is 5.91 Å². The van der Waals surface area contributed by atoms with Crippen molar-refractivity contribution in [2.75, 3.05) is 11.1 Å². The van der Waals surface area contributed by atoms with Gasteiger partial charge < -0.3 is 11.1 Å². The van der Waals surface area contributed by atoms with Crippen LogP contribution in [0.5, 0.6) is 0 Å². The van der Waals surface area contributed by atoms with Crippen LogP contribution in [0.3, 0.4) is 0 Å². The van der Waals surface area contributed by atoms with Crippen LogP contribution in [-0.2, 0) is 22.1 Å². The van der Waals surface area contributed by atoms with Crippen LogP contribution in [0, 0.1) is 0 Å². The van der Waals surface area contributed by atoms with Gasteiger partial charge in [-0.1, -0.05) is 32.0 Å². The Morgan fingerprint density at radius 1 is 1.37 bits per heavy atom. The first kappa shape index (κ1) is 15.9. The highest BCUT2D eigenvalue weighted by molar-refractivity contribution is 7.85. The Bertz CT molecular complexity index is 447. The third-order valence-corrected chi connectivity index (χ3v) is 4.53. The van der Waals surface area contributed by atoms with Crippen molar-refractivity contribution in [3.8, 4) is 0 Å². The molecule has 0 saturated carbocycles. The van der Waals surface area contributed by atoms with Gasteiger partial charge in [-0.25, -0.2) is 0 Å². The fourth-order valence-electron chi connectivity index (χ4n) is 1.64.